The second-order valence-electron chi connectivity index (χ2n) is 4.69. The lowest BCUT2D eigenvalue weighted by molar-refractivity contribution is -0.127. The third kappa shape index (κ3) is 3.47. The molecule has 1 fully saturated rings. The lowest BCUT2D eigenvalue weighted by Crippen LogP contribution is -2.37. The van der Waals surface area contributed by atoms with Gasteiger partial charge in [-0.15, -0.1) is 0 Å². The van der Waals surface area contributed by atoms with E-state index < -0.39 is 0 Å². The monoisotopic (exact) mass is 248 g/mol. The van der Waals surface area contributed by atoms with Crippen molar-refractivity contribution in [2.45, 2.75) is 19.3 Å². The highest BCUT2D eigenvalue weighted by Gasteiger charge is 2.20. The van der Waals surface area contributed by atoms with Gasteiger partial charge in [0.25, 0.3) is 0 Å². The summed E-state index contributed by atoms with van der Waals surface area (Å²) >= 11 is 0. The minimum absolute atomic E-state index is 0.0672. The molecule has 2 heterocycles. The Kier molecular flexibility index (Phi) is 4.59. The molecule has 0 aromatic carbocycles. The van der Waals surface area contributed by atoms with Crippen molar-refractivity contribution in [1.29, 1.82) is 0 Å². The average Bonchev–Trinajstić information content (AvgIpc) is 2.90. The molecular weight excluding hydrogens is 228 g/mol. The number of likely N-dealkylation sites (tertiary alicyclic amines) is 1. The minimum atomic E-state index is 0.0672. The lowest BCUT2D eigenvalue weighted by atomic mass is 9.93. The van der Waals surface area contributed by atoms with E-state index in [2.05, 4.69) is 0 Å². The van der Waals surface area contributed by atoms with Crippen LogP contribution in [0.1, 0.15) is 25.0 Å². The van der Waals surface area contributed by atoms with E-state index in [0.717, 1.165) is 38.9 Å². The standard InChI is InChI=1S/C14H20N2O2/c15-8-5-12-6-9-16(10-7-12)14(17)4-3-13-2-1-11-18-13/h1-4,11-12H,5-10,15H2. The van der Waals surface area contributed by atoms with E-state index in [4.69, 9.17) is 10.2 Å². The van der Waals surface area contributed by atoms with E-state index in [1.807, 2.05) is 17.0 Å². The summed E-state index contributed by atoms with van der Waals surface area (Å²) in [5, 5.41) is 0. The molecular formula is C14H20N2O2. The van der Waals surface area contributed by atoms with E-state index in [1.54, 1.807) is 18.4 Å². The van der Waals surface area contributed by atoms with Crippen LogP contribution in [0.5, 0.6) is 0 Å². The summed E-state index contributed by atoms with van der Waals surface area (Å²) < 4.78 is 5.15. The SMILES string of the molecule is NCCC1CCN(C(=O)C=Cc2ccco2)CC1. The van der Waals surface area contributed by atoms with Crippen LogP contribution in [0.25, 0.3) is 6.08 Å². The number of carbonyl (C=O) groups is 1. The van der Waals surface area contributed by atoms with Crippen molar-refractivity contribution in [2.24, 2.45) is 11.7 Å². The van der Waals surface area contributed by atoms with E-state index in [0.29, 0.717) is 11.7 Å². The maximum Gasteiger partial charge on any atom is 0.246 e. The average molecular weight is 248 g/mol. The predicted octanol–water partition coefficient (Wildman–Crippen LogP) is 1.88. The summed E-state index contributed by atoms with van der Waals surface area (Å²) in [6, 6.07) is 3.64. The Morgan fingerprint density at radius 1 is 1.50 bits per heavy atom. The van der Waals surface area contributed by atoms with Crippen molar-refractivity contribution in [3.63, 3.8) is 0 Å². The van der Waals surface area contributed by atoms with Gasteiger partial charge in [0.15, 0.2) is 0 Å². The van der Waals surface area contributed by atoms with Crippen LogP contribution >= 0.6 is 0 Å². The maximum absolute atomic E-state index is 11.9. The Balaban J connectivity index is 1.80. The van der Waals surface area contributed by atoms with E-state index >= 15 is 0 Å². The fraction of sp³-hybridized carbons (Fsp3) is 0.500. The molecule has 0 spiro atoms. The number of hydrogen-bond donors (Lipinski definition) is 1. The molecule has 0 unspecified atom stereocenters. The second-order valence-corrected chi connectivity index (χ2v) is 4.69. The highest BCUT2D eigenvalue weighted by molar-refractivity contribution is 5.91. The quantitative estimate of drug-likeness (QED) is 0.828. The predicted molar refractivity (Wildman–Crippen MR) is 70.7 cm³/mol. The smallest absolute Gasteiger partial charge is 0.246 e. The van der Waals surface area contributed by atoms with Crippen LogP contribution in [0, 0.1) is 5.92 Å². The second kappa shape index (κ2) is 6.40. The molecule has 1 saturated heterocycles. The zero-order valence-corrected chi connectivity index (χ0v) is 10.5. The Hall–Kier alpha value is -1.55. The molecule has 4 heteroatoms. The number of carbonyl (C=O) groups excluding carboxylic acids is 1. The molecule has 0 bridgehead atoms. The fourth-order valence-electron chi connectivity index (χ4n) is 2.32. The van der Waals surface area contributed by atoms with Crippen molar-refractivity contribution >= 4 is 12.0 Å². The van der Waals surface area contributed by atoms with Crippen LogP contribution in [-0.2, 0) is 4.79 Å². The van der Waals surface area contributed by atoms with Crippen molar-refractivity contribution < 1.29 is 9.21 Å². The summed E-state index contributed by atoms with van der Waals surface area (Å²) in [6.07, 6.45) is 8.11. The van der Waals surface area contributed by atoms with Crippen LogP contribution in [0.2, 0.25) is 0 Å². The molecule has 4 nitrogen and oxygen atoms in total. The van der Waals surface area contributed by atoms with E-state index in [9.17, 15) is 4.79 Å². The van der Waals surface area contributed by atoms with Crippen LogP contribution in [0.3, 0.4) is 0 Å². The first-order valence-corrected chi connectivity index (χ1v) is 6.50. The van der Waals surface area contributed by atoms with Gasteiger partial charge in [0.05, 0.1) is 6.26 Å². The Labute approximate surface area is 107 Å². The van der Waals surface area contributed by atoms with Gasteiger partial charge in [0.2, 0.25) is 5.91 Å². The lowest BCUT2D eigenvalue weighted by Gasteiger charge is -2.31. The molecule has 0 aliphatic carbocycles. The summed E-state index contributed by atoms with van der Waals surface area (Å²) in [7, 11) is 0. The van der Waals surface area contributed by atoms with Gasteiger partial charge < -0.3 is 15.1 Å². The molecule has 0 saturated carbocycles. The van der Waals surface area contributed by atoms with Crippen LogP contribution in [-0.4, -0.2) is 30.4 Å². The van der Waals surface area contributed by atoms with Crippen molar-refractivity contribution in [2.75, 3.05) is 19.6 Å². The number of hydrogen-bond acceptors (Lipinski definition) is 3. The molecule has 2 N–H and O–H groups in total. The van der Waals surface area contributed by atoms with Crippen LogP contribution in [0.4, 0.5) is 0 Å². The van der Waals surface area contributed by atoms with Gasteiger partial charge in [-0.25, -0.2) is 0 Å². The Morgan fingerprint density at radius 3 is 2.89 bits per heavy atom. The third-order valence-corrected chi connectivity index (χ3v) is 3.43. The summed E-state index contributed by atoms with van der Waals surface area (Å²) in [4.78, 5) is 13.8. The zero-order valence-electron chi connectivity index (χ0n) is 10.5. The minimum Gasteiger partial charge on any atom is -0.465 e. The maximum atomic E-state index is 11.9. The summed E-state index contributed by atoms with van der Waals surface area (Å²) in [6.45, 7) is 2.43. The third-order valence-electron chi connectivity index (χ3n) is 3.43. The topological polar surface area (TPSA) is 59.5 Å². The molecule has 0 atom stereocenters. The molecule has 98 valence electrons. The number of rotatable bonds is 4. The summed E-state index contributed by atoms with van der Waals surface area (Å²) in [5.41, 5.74) is 5.55. The Bertz CT molecular complexity index is 390. The van der Waals surface area contributed by atoms with Crippen LogP contribution in [0.15, 0.2) is 28.9 Å². The first kappa shape index (κ1) is 12.9. The van der Waals surface area contributed by atoms with E-state index in [1.165, 1.54) is 0 Å². The van der Waals surface area contributed by atoms with Crippen molar-refractivity contribution in [3.8, 4) is 0 Å². The largest absolute Gasteiger partial charge is 0.465 e. The van der Waals surface area contributed by atoms with Gasteiger partial charge in [-0.05, 0) is 49.9 Å². The van der Waals surface area contributed by atoms with Gasteiger partial charge in [0, 0.05) is 19.2 Å². The molecule has 1 aromatic heterocycles. The normalized spacial score (nSPS) is 17.5. The van der Waals surface area contributed by atoms with Gasteiger partial charge in [-0.2, -0.15) is 0 Å². The van der Waals surface area contributed by atoms with E-state index in [-0.39, 0.29) is 5.91 Å². The molecule has 1 aromatic rings. The molecule has 1 aliphatic rings. The van der Waals surface area contributed by atoms with Gasteiger partial charge in [0.1, 0.15) is 5.76 Å². The molecule has 1 aliphatic heterocycles. The number of nitrogens with two attached hydrogens (primary N) is 1. The number of nitrogens with zero attached hydrogens (tertiary/aromatic N) is 1. The highest BCUT2D eigenvalue weighted by Crippen LogP contribution is 2.20. The van der Waals surface area contributed by atoms with Crippen molar-refractivity contribution in [1.82, 2.24) is 4.90 Å². The van der Waals surface area contributed by atoms with Crippen molar-refractivity contribution in [3.05, 3.63) is 30.2 Å². The van der Waals surface area contributed by atoms with Crippen LogP contribution < -0.4 is 5.73 Å². The summed E-state index contributed by atoms with van der Waals surface area (Å²) in [5.74, 6) is 1.46. The molecule has 2 rings (SSSR count). The molecule has 1 amide bonds. The first-order chi connectivity index (χ1) is 8.79. The fourth-order valence-corrected chi connectivity index (χ4v) is 2.32. The van der Waals surface area contributed by atoms with Gasteiger partial charge in [-0.3, -0.25) is 4.79 Å². The van der Waals surface area contributed by atoms with Gasteiger partial charge in [-0.1, -0.05) is 0 Å². The Morgan fingerprint density at radius 2 is 2.28 bits per heavy atom. The first-order valence-electron chi connectivity index (χ1n) is 6.50. The molecule has 18 heavy (non-hydrogen) atoms. The zero-order chi connectivity index (χ0) is 12.8. The number of furan rings is 1. The number of piperidine rings is 1. The molecule has 0 radical (unpaired) electrons. The van der Waals surface area contributed by atoms with Gasteiger partial charge >= 0.3 is 0 Å². The highest BCUT2D eigenvalue weighted by atomic mass is 16.3. The number of amides is 1.